The van der Waals surface area contributed by atoms with E-state index in [1.54, 1.807) is 0 Å². The molecule has 0 amide bonds. The van der Waals surface area contributed by atoms with E-state index in [0.717, 1.165) is 24.8 Å². The van der Waals surface area contributed by atoms with Crippen LogP contribution in [0.4, 0.5) is 0 Å². The van der Waals surface area contributed by atoms with Gasteiger partial charge < -0.3 is 10.1 Å². The second-order valence-electron chi connectivity index (χ2n) is 6.30. The highest BCUT2D eigenvalue weighted by molar-refractivity contribution is 5.38. The van der Waals surface area contributed by atoms with E-state index in [0.29, 0.717) is 6.04 Å². The number of likely N-dealkylation sites (N-methyl/N-ethyl adjacent to an activating group) is 1. The zero-order chi connectivity index (χ0) is 13.8. The number of nitrogens with one attached hydrogen (secondary N) is 1. The minimum atomic E-state index is 0.524. The molecule has 0 radical (unpaired) electrons. The van der Waals surface area contributed by atoms with Gasteiger partial charge in [0.05, 0.1) is 0 Å². The summed E-state index contributed by atoms with van der Waals surface area (Å²) in [4.78, 5) is 0. The van der Waals surface area contributed by atoms with Crippen molar-refractivity contribution in [1.82, 2.24) is 5.32 Å². The molecule has 3 rings (SSSR count). The SMILES string of the molecule is CCNC(COc1ccc2c(c1)CCC2)C1CCCC1. The molecule has 0 aliphatic heterocycles. The molecule has 1 saturated carbocycles. The van der Waals surface area contributed by atoms with Gasteiger partial charge >= 0.3 is 0 Å². The van der Waals surface area contributed by atoms with Gasteiger partial charge in [0.15, 0.2) is 0 Å². The first-order valence-corrected chi connectivity index (χ1v) is 8.35. The average molecular weight is 273 g/mol. The van der Waals surface area contributed by atoms with Gasteiger partial charge in [-0.05, 0) is 67.8 Å². The smallest absolute Gasteiger partial charge is 0.119 e. The van der Waals surface area contributed by atoms with Crippen LogP contribution in [0.5, 0.6) is 5.75 Å². The van der Waals surface area contributed by atoms with Crippen molar-refractivity contribution in [2.24, 2.45) is 5.92 Å². The van der Waals surface area contributed by atoms with Crippen LogP contribution in [0.1, 0.15) is 50.2 Å². The van der Waals surface area contributed by atoms with Crippen molar-refractivity contribution in [1.29, 1.82) is 0 Å². The zero-order valence-corrected chi connectivity index (χ0v) is 12.7. The lowest BCUT2D eigenvalue weighted by molar-refractivity contribution is 0.219. The molecule has 0 bridgehead atoms. The lowest BCUT2D eigenvalue weighted by Crippen LogP contribution is -2.40. The number of rotatable bonds is 6. The highest BCUT2D eigenvalue weighted by Gasteiger charge is 2.24. The van der Waals surface area contributed by atoms with Crippen LogP contribution < -0.4 is 10.1 Å². The summed E-state index contributed by atoms with van der Waals surface area (Å²) in [7, 11) is 0. The summed E-state index contributed by atoms with van der Waals surface area (Å²) in [5, 5.41) is 3.62. The first-order chi connectivity index (χ1) is 9.86. The third-order valence-electron chi connectivity index (χ3n) is 4.93. The first kappa shape index (κ1) is 13.9. The molecule has 2 aliphatic rings. The standard InChI is InChI=1S/C18H27NO/c1-2-19-18(15-6-3-4-7-15)13-20-17-11-10-14-8-5-9-16(14)12-17/h10-12,15,18-19H,2-9,13H2,1H3. The quantitative estimate of drug-likeness (QED) is 0.853. The Balaban J connectivity index is 1.58. The van der Waals surface area contributed by atoms with Crippen LogP contribution in [0.25, 0.3) is 0 Å². The molecule has 2 nitrogen and oxygen atoms in total. The molecule has 0 aromatic heterocycles. The number of benzene rings is 1. The molecule has 0 spiro atoms. The summed E-state index contributed by atoms with van der Waals surface area (Å²) < 4.78 is 6.10. The maximum absolute atomic E-state index is 6.10. The van der Waals surface area contributed by atoms with Crippen molar-refractivity contribution < 1.29 is 4.74 Å². The van der Waals surface area contributed by atoms with E-state index in [4.69, 9.17) is 4.74 Å². The Morgan fingerprint density at radius 2 is 1.95 bits per heavy atom. The fraction of sp³-hybridized carbons (Fsp3) is 0.667. The first-order valence-electron chi connectivity index (χ1n) is 8.35. The highest BCUT2D eigenvalue weighted by Crippen LogP contribution is 2.29. The molecule has 1 unspecified atom stereocenters. The Hall–Kier alpha value is -1.02. The third-order valence-corrected chi connectivity index (χ3v) is 4.93. The van der Waals surface area contributed by atoms with E-state index in [1.165, 1.54) is 56.1 Å². The fourth-order valence-corrected chi connectivity index (χ4v) is 3.81. The van der Waals surface area contributed by atoms with Gasteiger partial charge in [-0.1, -0.05) is 25.8 Å². The predicted molar refractivity (Wildman–Crippen MR) is 83.4 cm³/mol. The van der Waals surface area contributed by atoms with Gasteiger partial charge in [0, 0.05) is 6.04 Å². The summed E-state index contributed by atoms with van der Waals surface area (Å²) in [6.07, 6.45) is 9.30. The highest BCUT2D eigenvalue weighted by atomic mass is 16.5. The van der Waals surface area contributed by atoms with E-state index in [1.807, 2.05) is 0 Å². The largest absolute Gasteiger partial charge is 0.492 e. The van der Waals surface area contributed by atoms with Gasteiger partial charge in [-0.2, -0.15) is 0 Å². The van der Waals surface area contributed by atoms with Crippen LogP contribution in [0.3, 0.4) is 0 Å². The third kappa shape index (κ3) is 3.17. The van der Waals surface area contributed by atoms with Crippen LogP contribution in [0.15, 0.2) is 18.2 Å². The summed E-state index contributed by atoms with van der Waals surface area (Å²) in [5.41, 5.74) is 3.03. The Labute approximate surface area is 122 Å². The lowest BCUT2D eigenvalue weighted by atomic mass is 9.99. The van der Waals surface area contributed by atoms with Crippen LogP contribution >= 0.6 is 0 Å². The number of aryl methyl sites for hydroxylation is 2. The summed E-state index contributed by atoms with van der Waals surface area (Å²) in [6, 6.07) is 7.20. The van der Waals surface area contributed by atoms with Gasteiger partial charge in [0.25, 0.3) is 0 Å². The molecule has 0 saturated heterocycles. The maximum atomic E-state index is 6.10. The molecule has 1 aromatic carbocycles. The molecule has 1 atom stereocenters. The van der Waals surface area contributed by atoms with E-state index >= 15 is 0 Å². The van der Waals surface area contributed by atoms with E-state index in [9.17, 15) is 0 Å². The van der Waals surface area contributed by atoms with Crippen molar-refractivity contribution >= 4 is 0 Å². The molecular weight excluding hydrogens is 246 g/mol. The second kappa shape index (κ2) is 6.62. The molecule has 2 aliphatic carbocycles. The lowest BCUT2D eigenvalue weighted by Gasteiger charge is -2.24. The maximum Gasteiger partial charge on any atom is 0.119 e. The normalized spacial score (nSPS) is 20.1. The molecule has 1 aromatic rings. The Bertz CT molecular complexity index is 437. The number of hydrogen-bond donors (Lipinski definition) is 1. The van der Waals surface area contributed by atoms with Crippen LogP contribution in [0, 0.1) is 5.92 Å². The van der Waals surface area contributed by atoms with E-state index in [-0.39, 0.29) is 0 Å². The van der Waals surface area contributed by atoms with Gasteiger partial charge in [-0.15, -0.1) is 0 Å². The number of ether oxygens (including phenoxy) is 1. The summed E-state index contributed by atoms with van der Waals surface area (Å²) in [5.74, 6) is 1.87. The van der Waals surface area contributed by atoms with Crippen molar-refractivity contribution in [2.45, 2.75) is 57.9 Å². The minimum absolute atomic E-state index is 0.524. The molecule has 2 heteroatoms. The number of hydrogen-bond acceptors (Lipinski definition) is 2. The Morgan fingerprint density at radius 3 is 2.75 bits per heavy atom. The zero-order valence-electron chi connectivity index (χ0n) is 12.7. The van der Waals surface area contributed by atoms with Gasteiger partial charge in [0.2, 0.25) is 0 Å². The van der Waals surface area contributed by atoms with Crippen LogP contribution in [0.2, 0.25) is 0 Å². The fourth-order valence-electron chi connectivity index (χ4n) is 3.81. The van der Waals surface area contributed by atoms with E-state index in [2.05, 4.69) is 30.4 Å². The van der Waals surface area contributed by atoms with Crippen molar-refractivity contribution in [3.8, 4) is 5.75 Å². The topological polar surface area (TPSA) is 21.3 Å². The van der Waals surface area contributed by atoms with Crippen molar-refractivity contribution in [2.75, 3.05) is 13.2 Å². The van der Waals surface area contributed by atoms with Crippen molar-refractivity contribution in [3.63, 3.8) is 0 Å². The van der Waals surface area contributed by atoms with Gasteiger partial charge in [-0.25, -0.2) is 0 Å². The van der Waals surface area contributed by atoms with Crippen molar-refractivity contribution in [3.05, 3.63) is 29.3 Å². The molecule has 0 heterocycles. The van der Waals surface area contributed by atoms with Crippen LogP contribution in [-0.4, -0.2) is 19.2 Å². The number of fused-ring (bicyclic) bond motifs is 1. The second-order valence-corrected chi connectivity index (χ2v) is 6.30. The van der Waals surface area contributed by atoms with E-state index < -0.39 is 0 Å². The van der Waals surface area contributed by atoms with Gasteiger partial charge in [-0.3, -0.25) is 0 Å². The Morgan fingerprint density at radius 1 is 1.15 bits per heavy atom. The minimum Gasteiger partial charge on any atom is -0.492 e. The molecule has 110 valence electrons. The van der Waals surface area contributed by atoms with Gasteiger partial charge in [0.1, 0.15) is 12.4 Å². The Kier molecular flexibility index (Phi) is 4.62. The summed E-state index contributed by atoms with van der Waals surface area (Å²) >= 11 is 0. The summed E-state index contributed by atoms with van der Waals surface area (Å²) in [6.45, 7) is 4.04. The van der Waals surface area contributed by atoms with Crippen LogP contribution in [-0.2, 0) is 12.8 Å². The average Bonchev–Trinajstić information content (AvgIpc) is 3.13. The molecular formula is C18H27NO. The molecule has 1 fully saturated rings. The molecule has 20 heavy (non-hydrogen) atoms. The monoisotopic (exact) mass is 273 g/mol. The predicted octanol–water partition coefficient (Wildman–Crippen LogP) is 3.72. The molecule has 1 N–H and O–H groups in total.